The molecule has 0 aliphatic carbocycles. The number of nitrogens with zero attached hydrogens (tertiary/aromatic N) is 1. The molecule has 1 unspecified atom stereocenters. The van der Waals surface area contributed by atoms with E-state index in [4.69, 9.17) is 9.47 Å². The zero-order valence-electron chi connectivity index (χ0n) is 13.9. The number of rotatable bonds is 2. The van der Waals surface area contributed by atoms with Crippen molar-refractivity contribution >= 4 is 17.7 Å². The zero-order chi connectivity index (χ0) is 17.6. The highest BCUT2D eigenvalue weighted by Gasteiger charge is 2.60. The molecule has 6 nitrogen and oxygen atoms in total. The van der Waals surface area contributed by atoms with Gasteiger partial charge in [0, 0.05) is 11.3 Å². The molecule has 1 N–H and O–H groups in total. The van der Waals surface area contributed by atoms with E-state index < -0.39 is 23.7 Å². The molecule has 1 fully saturated rings. The normalized spacial score (nSPS) is 27.0. The second-order valence-electron chi connectivity index (χ2n) is 6.29. The van der Waals surface area contributed by atoms with Crippen LogP contribution in [0.1, 0.15) is 18.5 Å². The van der Waals surface area contributed by atoms with E-state index in [-0.39, 0.29) is 6.03 Å². The Hall–Kier alpha value is -3.02. The molecule has 0 saturated carbocycles. The van der Waals surface area contributed by atoms with E-state index in [0.29, 0.717) is 11.4 Å². The summed E-state index contributed by atoms with van der Waals surface area (Å²) in [5.74, 6) is -0.482. The standard InChI is InChI=1S/C19H18N2O4/c1-19-15(17(22)24-2)16(13-10-6-7-11-14(13)25-19)20-18(23)21(19)12-8-4-3-5-9-12/h3-11,15-16H,1-2H3,(H,20,23)/t15?,16-,19+/m1/s1. The van der Waals surface area contributed by atoms with Crippen LogP contribution < -0.4 is 15.0 Å². The Morgan fingerprint density at radius 1 is 1.16 bits per heavy atom. The van der Waals surface area contributed by atoms with E-state index in [1.165, 1.54) is 12.0 Å². The highest BCUT2D eigenvalue weighted by atomic mass is 16.5. The Kier molecular flexibility index (Phi) is 3.42. The summed E-state index contributed by atoms with van der Waals surface area (Å²) >= 11 is 0. The minimum Gasteiger partial charge on any atom is -0.469 e. The van der Waals surface area contributed by atoms with Gasteiger partial charge in [-0.05, 0) is 25.1 Å². The van der Waals surface area contributed by atoms with Gasteiger partial charge in [-0.25, -0.2) is 4.79 Å². The molecule has 0 spiro atoms. The van der Waals surface area contributed by atoms with Crippen molar-refractivity contribution in [1.82, 2.24) is 5.32 Å². The number of para-hydroxylation sites is 2. The van der Waals surface area contributed by atoms with Crippen LogP contribution in [0, 0.1) is 5.92 Å². The number of urea groups is 1. The molecule has 2 aliphatic rings. The predicted octanol–water partition coefficient (Wildman–Crippen LogP) is 2.86. The molecule has 2 aromatic carbocycles. The second kappa shape index (κ2) is 5.51. The van der Waals surface area contributed by atoms with Gasteiger partial charge in [0.05, 0.1) is 13.2 Å². The van der Waals surface area contributed by atoms with Gasteiger partial charge in [-0.3, -0.25) is 9.69 Å². The smallest absolute Gasteiger partial charge is 0.325 e. The number of carbonyl (C=O) groups is 2. The van der Waals surface area contributed by atoms with Gasteiger partial charge >= 0.3 is 12.0 Å². The summed E-state index contributed by atoms with van der Waals surface area (Å²) in [6.45, 7) is 1.75. The van der Waals surface area contributed by atoms with Gasteiger partial charge in [0.1, 0.15) is 11.7 Å². The lowest BCUT2D eigenvalue weighted by Gasteiger charge is -2.54. The van der Waals surface area contributed by atoms with Crippen molar-refractivity contribution < 1.29 is 19.1 Å². The minimum atomic E-state index is -1.20. The summed E-state index contributed by atoms with van der Waals surface area (Å²) in [4.78, 5) is 26.9. The van der Waals surface area contributed by atoms with Crippen molar-refractivity contribution in [1.29, 1.82) is 0 Å². The number of esters is 1. The highest BCUT2D eigenvalue weighted by molar-refractivity contribution is 5.97. The number of hydrogen-bond donors (Lipinski definition) is 1. The lowest BCUT2D eigenvalue weighted by Crippen LogP contribution is -2.71. The third kappa shape index (κ3) is 2.17. The van der Waals surface area contributed by atoms with E-state index in [0.717, 1.165) is 5.56 Å². The maximum Gasteiger partial charge on any atom is 0.325 e. The monoisotopic (exact) mass is 338 g/mol. The molecule has 6 heteroatoms. The first kappa shape index (κ1) is 15.5. The van der Waals surface area contributed by atoms with Gasteiger partial charge in [0.15, 0.2) is 0 Å². The lowest BCUT2D eigenvalue weighted by atomic mass is 9.79. The SMILES string of the molecule is COC(=O)C1[C@@H]2NC(=O)N(c3ccccc3)[C@@]1(C)Oc1ccccc12. The van der Waals surface area contributed by atoms with Crippen molar-refractivity contribution in [3.8, 4) is 5.75 Å². The van der Waals surface area contributed by atoms with Crippen molar-refractivity contribution in [3.63, 3.8) is 0 Å². The van der Waals surface area contributed by atoms with Crippen molar-refractivity contribution in [2.45, 2.75) is 18.7 Å². The molecule has 2 aliphatic heterocycles. The van der Waals surface area contributed by atoms with Crippen LogP contribution in [-0.4, -0.2) is 24.8 Å². The van der Waals surface area contributed by atoms with E-state index in [1.807, 2.05) is 54.6 Å². The predicted molar refractivity (Wildman–Crippen MR) is 91.2 cm³/mol. The number of methoxy groups -OCH3 is 1. The molecular weight excluding hydrogens is 320 g/mol. The van der Waals surface area contributed by atoms with Crippen molar-refractivity contribution in [3.05, 3.63) is 60.2 Å². The first-order valence-electron chi connectivity index (χ1n) is 8.08. The first-order valence-corrected chi connectivity index (χ1v) is 8.08. The van der Waals surface area contributed by atoms with Crippen molar-refractivity contribution in [2.24, 2.45) is 5.92 Å². The van der Waals surface area contributed by atoms with E-state index in [9.17, 15) is 9.59 Å². The third-order valence-corrected chi connectivity index (χ3v) is 4.88. The molecule has 4 rings (SSSR count). The van der Waals surface area contributed by atoms with Crippen molar-refractivity contribution in [2.75, 3.05) is 12.0 Å². The Labute approximate surface area is 145 Å². The molecule has 0 radical (unpaired) electrons. The summed E-state index contributed by atoms with van der Waals surface area (Å²) in [5.41, 5.74) is 0.223. The number of benzene rings is 2. The van der Waals surface area contributed by atoms with Gasteiger partial charge in [0.25, 0.3) is 0 Å². The Bertz CT molecular complexity index is 838. The second-order valence-corrected chi connectivity index (χ2v) is 6.29. The average Bonchev–Trinajstić information content (AvgIpc) is 2.61. The fourth-order valence-corrected chi connectivity index (χ4v) is 3.78. The minimum absolute atomic E-state index is 0.312. The van der Waals surface area contributed by atoms with Crippen LogP contribution in [0.4, 0.5) is 10.5 Å². The van der Waals surface area contributed by atoms with Gasteiger partial charge in [-0.15, -0.1) is 0 Å². The molecular formula is C19H18N2O4. The number of fused-ring (bicyclic) bond motifs is 4. The summed E-state index contributed by atoms with van der Waals surface area (Å²) in [7, 11) is 1.34. The fraction of sp³-hybridized carbons (Fsp3) is 0.263. The molecule has 0 aromatic heterocycles. The van der Waals surface area contributed by atoms with E-state index >= 15 is 0 Å². The zero-order valence-corrected chi connectivity index (χ0v) is 13.9. The maximum absolute atomic E-state index is 12.9. The first-order chi connectivity index (χ1) is 12.1. The van der Waals surface area contributed by atoms with Gasteiger partial charge < -0.3 is 14.8 Å². The summed E-state index contributed by atoms with van der Waals surface area (Å²) < 4.78 is 11.3. The number of ether oxygens (including phenoxy) is 2. The third-order valence-electron chi connectivity index (χ3n) is 4.88. The van der Waals surface area contributed by atoms with Crippen LogP contribution in [0.2, 0.25) is 0 Å². The molecule has 128 valence electrons. The molecule has 2 bridgehead atoms. The number of carbonyl (C=O) groups excluding carboxylic acids is 2. The van der Waals surface area contributed by atoms with Gasteiger partial charge in [0.2, 0.25) is 5.72 Å². The number of amides is 2. The van der Waals surface area contributed by atoms with E-state index in [2.05, 4.69) is 5.32 Å². The van der Waals surface area contributed by atoms with Gasteiger partial charge in [-0.2, -0.15) is 0 Å². The number of anilines is 1. The fourth-order valence-electron chi connectivity index (χ4n) is 3.78. The van der Waals surface area contributed by atoms with Crippen LogP contribution in [0.5, 0.6) is 5.75 Å². The van der Waals surface area contributed by atoms with Crippen LogP contribution in [0.15, 0.2) is 54.6 Å². The lowest BCUT2D eigenvalue weighted by molar-refractivity contribution is -0.157. The largest absolute Gasteiger partial charge is 0.469 e. The molecule has 2 heterocycles. The molecule has 2 aromatic rings. The van der Waals surface area contributed by atoms with E-state index in [1.54, 1.807) is 6.92 Å². The summed E-state index contributed by atoms with van der Waals surface area (Å²) in [5, 5.41) is 2.95. The summed E-state index contributed by atoms with van der Waals surface area (Å²) in [6, 6.07) is 15.8. The Morgan fingerprint density at radius 3 is 2.56 bits per heavy atom. The van der Waals surface area contributed by atoms with Crippen LogP contribution in [-0.2, 0) is 9.53 Å². The van der Waals surface area contributed by atoms with Crippen LogP contribution in [0.3, 0.4) is 0 Å². The maximum atomic E-state index is 12.9. The average molecular weight is 338 g/mol. The molecule has 3 atom stereocenters. The Balaban J connectivity index is 1.91. The molecule has 1 saturated heterocycles. The Morgan fingerprint density at radius 2 is 1.84 bits per heavy atom. The molecule has 25 heavy (non-hydrogen) atoms. The topological polar surface area (TPSA) is 67.9 Å². The summed E-state index contributed by atoms with van der Waals surface area (Å²) in [6.07, 6.45) is 0. The van der Waals surface area contributed by atoms with Crippen LogP contribution >= 0.6 is 0 Å². The number of hydrogen-bond acceptors (Lipinski definition) is 4. The quantitative estimate of drug-likeness (QED) is 0.855. The van der Waals surface area contributed by atoms with Gasteiger partial charge in [-0.1, -0.05) is 36.4 Å². The highest BCUT2D eigenvalue weighted by Crippen LogP contribution is 2.49. The molecule has 2 amide bonds. The number of nitrogens with one attached hydrogen (secondary N) is 1. The van der Waals surface area contributed by atoms with Crippen LogP contribution in [0.25, 0.3) is 0 Å².